The van der Waals surface area contributed by atoms with Gasteiger partial charge >= 0.3 is 0 Å². The van der Waals surface area contributed by atoms with E-state index < -0.39 is 0 Å². The van der Waals surface area contributed by atoms with Crippen molar-refractivity contribution in [2.45, 2.75) is 13.5 Å². The van der Waals surface area contributed by atoms with Crippen LogP contribution in [0.2, 0.25) is 5.02 Å². The third kappa shape index (κ3) is 1.86. The fourth-order valence-corrected chi connectivity index (χ4v) is 1.54. The van der Waals surface area contributed by atoms with Crippen molar-refractivity contribution >= 4 is 11.6 Å². The minimum atomic E-state index is -0.105. The molecule has 0 saturated carbocycles. The fraction of sp³-hybridized carbons (Fsp3) is 0.200. The van der Waals surface area contributed by atoms with Crippen LogP contribution in [0.25, 0.3) is 5.69 Å². The molecule has 5 heteroatoms. The maximum Gasteiger partial charge on any atom is 0.111 e. The van der Waals surface area contributed by atoms with Gasteiger partial charge in [0.2, 0.25) is 0 Å². The van der Waals surface area contributed by atoms with Gasteiger partial charge in [0, 0.05) is 5.02 Å². The lowest BCUT2D eigenvalue weighted by Crippen LogP contribution is -1.99. The normalized spacial score (nSPS) is 10.6. The van der Waals surface area contributed by atoms with Crippen molar-refractivity contribution in [3.8, 4) is 5.69 Å². The van der Waals surface area contributed by atoms with E-state index in [2.05, 4.69) is 10.3 Å². The molecule has 2 aromatic rings. The lowest BCUT2D eigenvalue weighted by Gasteiger charge is -2.03. The van der Waals surface area contributed by atoms with E-state index in [1.807, 2.05) is 19.1 Å². The maximum absolute atomic E-state index is 8.99. The molecule has 0 aliphatic carbocycles. The van der Waals surface area contributed by atoms with Gasteiger partial charge in [-0.3, -0.25) is 0 Å². The first-order valence-electron chi connectivity index (χ1n) is 4.50. The first kappa shape index (κ1) is 10.1. The molecule has 1 heterocycles. The van der Waals surface area contributed by atoms with E-state index >= 15 is 0 Å². The van der Waals surface area contributed by atoms with E-state index in [0.29, 0.717) is 10.7 Å². The topological polar surface area (TPSA) is 50.9 Å². The number of aromatic nitrogens is 3. The number of aliphatic hydroxyl groups is 1. The average molecular weight is 224 g/mol. The molecule has 0 amide bonds. The Bertz CT molecular complexity index is 481. The summed E-state index contributed by atoms with van der Waals surface area (Å²) in [5.74, 6) is 0. The molecule has 1 aromatic heterocycles. The molecule has 4 nitrogen and oxygen atoms in total. The van der Waals surface area contributed by atoms with Gasteiger partial charge in [0.25, 0.3) is 0 Å². The minimum absolute atomic E-state index is 0.105. The molecular weight excluding hydrogens is 214 g/mol. The van der Waals surface area contributed by atoms with Crippen molar-refractivity contribution in [2.75, 3.05) is 0 Å². The van der Waals surface area contributed by atoms with E-state index in [0.717, 1.165) is 11.4 Å². The van der Waals surface area contributed by atoms with Gasteiger partial charge in [-0.05, 0) is 25.1 Å². The molecule has 0 bridgehead atoms. The monoisotopic (exact) mass is 223 g/mol. The Morgan fingerprint density at radius 1 is 1.47 bits per heavy atom. The van der Waals surface area contributed by atoms with Gasteiger partial charge in [-0.2, -0.15) is 0 Å². The van der Waals surface area contributed by atoms with E-state index in [1.165, 1.54) is 0 Å². The number of hydrogen-bond donors (Lipinski definition) is 1. The molecule has 0 aliphatic rings. The molecule has 0 radical (unpaired) electrons. The van der Waals surface area contributed by atoms with Crippen LogP contribution in [0.3, 0.4) is 0 Å². The van der Waals surface area contributed by atoms with Crippen LogP contribution >= 0.6 is 11.6 Å². The minimum Gasteiger partial charge on any atom is -0.390 e. The van der Waals surface area contributed by atoms with Crippen molar-refractivity contribution in [3.63, 3.8) is 0 Å². The zero-order chi connectivity index (χ0) is 10.8. The summed E-state index contributed by atoms with van der Waals surface area (Å²) in [5.41, 5.74) is 2.24. The van der Waals surface area contributed by atoms with E-state index in [1.54, 1.807) is 16.8 Å². The van der Waals surface area contributed by atoms with Gasteiger partial charge in [-0.1, -0.05) is 22.9 Å². The highest BCUT2D eigenvalue weighted by molar-refractivity contribution is 6.30. The van der Waals surface area contributed by atoms with Crippen LogP contribution < -0.4 is 0 Å². The lowest BCUT2D eigenvalue weighted by molar-refractivity contribution is 0.276. The Morgan fingerprint density at radius 2 is 2.27 bits per heavy atom. The molecule has 0 fully saturated rings. The summed E-state index contributed by atoms with van der Waals surface area (Å²) in [4.78, 5) is 0. The smallest absolute Gasteiger partial charge is 0.111 e. The molecule has 0 atom stereocenters. The number of nitrogens with zero attached hydrogens (tertiary/aromatic N) is 3. The van der Waals surface area contributed by atoms with E-state index in [-0.39, 0.29) is 6.61 Å². The quantitative estimate of drug-likeness (QED) is 0.844. The summed E-state index contributed by atoms with van der Waals surface area (Å²) >= 11 is 5.88. The number of halogens is 1. The molecule has 2 rings (SSSR count). The summed E-state index contributed by atoms with van der Waals surface area (Å²) in [6.45, 7) is 1.75. The summed E-state index contributed by atoms with van der Waals surface area (Å²) in [6, 6.07) is 7.32. The van der Waals surface area contributed by atoms with Crippen LogP contribution in [-0.4, -0.2) is 20.1 Å². The zero-order valence-corrected chi connectivity index (χ0v) is 8.94. The molecular formula is C10H10ClN3O. The number of aliphatic hydroxyl groups excluding tert-OH is 1. The highest BCUT2D eigenvalue weighted by Gasteiger charge is 2.08. The third-order valence-corrected chi connectivity index (χ3v) is 2.43. The zero-order valence-electron chi connectivity index (χ0n) is 8.18. The Balaban J connectivity index is 2.49. The molecule has 78 valence electrons. The number of rotatable bonds is 2. The second-order valence-corrected chi connectivity index (χ2v) is 3.61. The highest BCUT2D eigenvalue weighted by Crippen LogP contribution is 2.16. The SMILES string of the molecule is Cc1c(CO)nnn1-c1cccc(Cl)c1. The number of hydrogen-bond acceptors (Lipinski definition) is 3. The molecule has 1 aromatic carbocycles. The van der Waals surface area contributed by atoms with Gasteiger partial charge in [0.1, 0.15) is 5.69 Å². The predicted octanol–water partition coefficient (Wildman–Crippen LogP) is 1.72. The summed E-state index contributed by atoms with van der Waals surface area (Å²) in [5, 5.41) is 17.4. The Morgan fingerprint density at radius 3 is 2.87 bits per heavy atom. The van der Waals surface area contributed by atoms with Gasteiger partial charge in [0.05, 0.1) is 18.0 Å². The van der Waals surface area contributed by atoms with Crippen molar-refractivity contribution < 1.29 is 5.11 Å². The molecule has 1 N–H and O–H groups in total. The van der Waals surface area contributed by atoms with Crippen molar-refractivity contribution in [1.82, 2.24) is 15.0 Å². The van der Waals surface area contributed by atoms with Crippen LogP contribution in [0.1, 0.15) is 11.4 Å². The van der Waals surface area contributed by atoms with E-state index in [9.17, 15) is 0 Å². The first-order chi connectivity index (χ1) is 7.22. The predicted molar refractivity (Wildman–Crippen MR) is 57.0 cm³/mol. The average Bonchev–Trinajstić information content (AvgIpc) is 2.59. The Labute approximate surface area is 92.1 Å². The maximum atomic E-state index is 8.99. The molecule has 0 spiro atoms. The van der Waals surface area contributed by atoms with Crippen LogP contribution in [-0.2, 0) is 6.61 Å². The van der Waals surface area contributed by atoms with Crippen molar-refractivity contribution in [2.24, 2.45) is 0 Å². The van der Waals surface area contributed by atoms with Gasteiger partial charge < -0.3 is 5.11 Å². The largest absolute Gasteiger partial charge is 0.390 e. The summed E-state index contributed by atoms with van der Waals surface area (Å²) in [7, 11) is 0. The van der Waals surface area contributed by atoms with Crippen LogP contribution in [0.5, 0.6) is 0 Å². The molecule has 0 saturated heterocycles. The fourth-order valence-electron chi connectivity index (χ4n) is 1.36. The first-order valence-corrected chi connectivity index (χ1v) is 4.88. The summed E-state index contributed by atoms with van der Waals surface area (Å²) in [6.07, 6.45) is 0. The van der Waals surface area contributed by atoms with E-state index in [4.69, 9.17) is 16.7 Å². The standard InChI is InChI=1S/C10H10ClN3O/c1-7-10(6-15)12-13-14(7)9-4-2-3-8(11)5-9/h2-5,15H,6H2,1H3. The van der Waals surface area contributed by atoms with Crippen molar-refractivity contribution in [1.29, 1.82) is 0 Å². The van der Waals surface area contributed by atoms with Crippen LogP contribution in [0, 0.1) is 6.92 Å². The summed E-state index contributed by atoms with van der Waals surface area (Å²) < 4.78 is 1.65. The number of benzene rings is 1. The highest BCUT2D eigenvalue weighted by atomic mass is 35.5. The van der Waals surface area contributed by atoms with Gasteiger partial charge in [0.15, 0.2) is 0 Å². The Kier molecular flexibility index (Phi) is 2.70. The molecule has 0 unspecified atom stereocenters. The van der Waals surface area contributed by atoms with Gasteiger partial charge in [-0.25, -0.2) is 4.68 Å². The molecule has 0 aliphatic heterocycles. The van der Waals surface area contributed by atoms with Gasteiger partial charge in [-0.15, -0.1) is 5.10 Å². The van der Waals surface area contributed by atoms with Crippen molar-refractivity contribution in [3.05, 3.63) is 40.7 Å². The Hall–Kier alpha value is -1.39. The second-order valence-electron chi connectivity index (χ2n) is 3.17. The molecule has 15 heavy (non-hydrogen) atoms. The van der Waals surface area contributed by atoms with Crippen LogP contribution in [0.15, 0.2) is 24.3 Å². The second kappa shape index (κ2) is 4.00. The van der Waals surface area contributed by atoms with Crippen LogP contribution in [0.4, 0.5) is 0 Å². The third-order valence-electron chi connectivity index (χ3n) is 2.19. The lowest BCUT2D eigenvalue weighted by atomic mass is 10.3.